The number of hydrogen-bond acceptors (Lipinski definition) is 4. The number of fused-ring (bicyclic) bond motifs is 1. The molecule has 114 valence electrons. The van der Waals surface area contributed by atoms with Crippen LogP contribution in [0.5, 0.6) is 0 Å². The maximum Gasteiger partial charge on any atom is 0.233 e. The number of thiazole rings is 1. The van der Waals surface area contributed by atoms with Crippen molar-refractivity contribution in [3.63, 3.8) is 0 Å². The largest absolute Gasteiger partial charge is 0.355 e. The molecule has 1 fully saturated rings. The van der Waals surface area contributed by atoms with Crippen molar-refractivity contribution in [1.82, 2.24) is 15.6 Å². The van der Waals surface area contributed by atoms with Gasteiger partial charge in [0.15, 0.2) is 0 Å². The van der Waals surface area contributed by atoms with E-state index in [1.807, 2.05) is 18.2 Å². The van der Waals surface area contributed by atoms with Crippen LogP contribution in [0.25, 0.3) is 10.2 Å². The Bertz CT molecular complexity index is 564. The van der Waals surface area contributed by atoms with Crippen molar-refractivity contribution in [2.45, 2.75) is 19.3 Å². The first-order valence-electron chi connectivity index (χ1n) is 7.13. The Kier molecular flexibility index (Phi) is 5.96. The molecule has 0 aliphatic heterocycles. The summed E-state index contributed by atoms with van der Waals surface area (Å²) in [6.45, 7) is 2.06. The second-order valence-electron chi connectivity index (χ2n) is 5.25. The van der Waals surface area contributed by atoms with Crippen molar-refractivity contribution >= 4 is 39.9 Å². The van der Waals surface area contributed by atoms with Gasteiger partial charge in [-0.3, -0.25) is 4.79 Å². The molecule has 0 unspecified atom stereocenters. The Balaban J connectivity index is 0.00000161. The van der Waals surface area contributed by atoms with Crippen LogP contribution in [0.15, 0.2) is 24.3 Å². The minimum atomic E-state index is 0. The molecule has 0 spiro atoms. The molecule has 0 bridgehead atoms. The summed E-state index contributed by atoms with van der Waals surface area (Å²) in [6, 6.07) is 8.13. The third-order valence-corrected chi connectivity index (χ3v) is 4.51. The third-order valence-electron chi connectivity index (χ3n) is 3.41. The molecule has 21 heavy (non-hydrogen) atoms. The average molecular weight is 326 g/mol. The number of para-hydroxylation sites is 1. The van der Waals surface area contributed by atoms with E-state index >= 15 is 0 Å². The van der Waals surface area contributed by atoms with Gasteiger partial charge in [0.05, 0.1) is 21.8 Å². The summed E-state index contributed by atoms with van der Waals surface area (Å²) < 4.78 is 1.21. The monoisotopic (exact) mass is 325 g/mol. The second kappa shape index (κ2) is 7.73. The van der Waals surface area contributed by atoms with Gasteiger partial charge in [-0.25, -0.2) is 4.98 Å². The predicted octanol–water partition coefficient (Wildman–Crippen LogP) is 2.38. The van der Waals surface area contributed by atoms with Gasteiger partial charge in [0.2, 0.25) is 5.91 Å². The lowest BCUT2D eigenvalue weighted by molar-refractivity contribution is -0.120. The number of rotatable bonds is 7. The molecule has 0 saturated heterocycles. The normalized spacial score (nSPS) is 13.9. The minimum absolute atomic E-state index is 0. The number of carbonyl (C=O) groups excluding carboxylic acids is 1. The first-order chi connectivity index (χ1) is 9.81. The smallest absolute Gasteiger partial charge is 0.233 e. The number of benzene rings is 1. The Morgan fingerprint density at radius 1 is 1.33 bits per heavy atom. The van der Waals surface area contributed by atoms with Crippen LogP contribution in [0.4, 0.5) is 0 Å². The van der Waals surface area contributed by atoms with Crippen molar-refractivity contribution in [2.75, 3.05) is 19.6 Å². The van der Waals surface area contributed by atoms with Crippen LogP contribution < -0.4 is 10.6 Å². The molecule has 4 nitrogen and oxygen atoms in total. The van der Waals surface area contributed by atoms with Gasteiger partial charge in [0, 0.05) is 13.0 Å². The number of amides is 1. The topological polar surface area (TPSA) is 54.0 Å². The summed E-state index contributed by atoms with van der Waals surface area (Å²) in [5.74, 6) is 0.886. The van der Waals surface area contributed by atoms with Crippen molar-refractivity contribution in [1.29, 1.82) is 0 Å². The van der Waals surface area contributed by atoms with Crippen molar-refractivity contribution in [2.24, 2.45) is 5.92 Å². The number of hydrogen-bond donors (Lipinski definition) is 2. The van der Waals surface area contributed by atoms with E-state index in [4.69, 9.17) is 0 Å². The van der Waals surface area contributed by atoms with E-state index in [0.29, 0.717) is 13.1 Å². The number of carbonyl (C=O) groups is 1. The summed E-state index contributed by atoms with van der Waals surface area (Å²) in [7, 11) is 0. The summed E-state index contributed by atoms with van der Waals surface area (Å²) >= 11 is 1.70. The fraction of sp³-hybridized carbons (Fsp3) is 0.467. The van der Waals surface area contributed by atoms with E-state index in [9.17, 15) is 4.79 Å². The summed E-state index contributed by atoms with van der Waals surface area (Å²) in [5, 5.41) is 7.21. The summed E-state index contributed by atoms with van der Waals surface area (Å²) in [4.78, 5) is 16.2. The molecule has 1 aliphatic carbocycles. The average Bonchev–Trinajstić information content (AvgIpc) is 3.17. The molecular weight excluding hydrogens is 306 g/mol. The molecule has 0 radical (unpaired) electrons. The van der Waals surface area contributed by atoms with Crippen molar-refractivity contribution in [3.05, 3.63) is 29.3 Å². The zero-order chi connectivity index (χ0) is 13.8. The first kappa shape index (κ1) is 16.2. The lowest BCUT2D eigenvalue weighted by Crippen LogP contribution is -2.35. The van der Waals surface area contributed by atoms with Gasteiger partial charge in [0.1, 0.15) is 0 Å². The Hall–Kier alpha value is -1.17. The van der Waals surface area contributed by atoms with Crippen molar-refractivity contribution in [3.8, 4) is 0 Å². The standard InChI is InChI=1S/C15H19N3OS.ClH/c19-14(10-16-9-11-5-6-11)17-8-7-15-18-12-3-1-2-4-13(12)20-15;/h1-4,11,16H,5-10H2,(H,17,19);1H. The van der Waals surface area contributed by atoms with E-state index < -0.39 is 0 Å². The minimum Gasteiger partial charge on any atom is -0.355 e. The van der Waals surface area contributed by atoms with Crippen LogP contribution in [0.3, 0.4) is 0 Å². The molecule has 0 atom stereocenters. The SMILES string of the molecule is Cl.O=C(CNCC1CC1)NCCc1nc2ccccc2s1. The Morgan fingerprint density at radius 2 is 2.14 bits per heavy atom. The highest BCUT2D eigenvalue weighted by atomic mass is 35.5. The molecule has 3 rings (SSSR count). The lowest BCUT2D eigenvalue weighted by atomic mass is 10.3. The maximum atomic E-state index is 11.6. The molecule has 1 aromatic carbocycles. The highest BCUT2D eigenvalue weighted by molar-refractivity contribution is 7.18. The number of aromatic nitrogens is 1. The van der Waals surface area contributed by atoms with Gasteiger partial charge in [-0.1, -0.05) is 12.1 Å². The van der Waals surface area contributed by atoms with Crippen LogP contribution in [0, 0.1) is 5.92 Å². The summed E-state index contributed by atoms with van der Waals surface area (Å²) in [6.07, 6.45) is 3.42. The van der Waals surface area contributed by atoms with E-state index in [1.54, 1.807) is 11.3 Å². The predicted molar refractivity (Wildman–Crippen MR) is 89.2 cm³/mol. The third kappa shape index (κ3) is 4.95. The lowest BCUT2D eigenvalue weighted by Gasteiger charge is -2.05. The molecule has 1 amide bonds. The number of nitrogens with zero attached hydrogens (tertiary/aromatic N) is 1. The molecular formula is C15H20ClN3OS. The van der Waals surface area contributed by atoms with Gasteiger partial charge in [-0.2, -0.15) is 0 Å². The number of halogens is 1. The van der Waals surface area contributed by atoms with Crippen LogP contribution in [-0.2, 0) is 11.2 Å². The Labute approximate surface area is 134 Å². The zero-order valence-corrected chi connectivity index (χ0v) is 13.4. The molecule has 2 N–H and O–H groups in total. The highest BCUT2D eigenvalue weighted by Crippen LogP contribution is 2.27. The van der Waals surface area contributed by atoms with Crippen LogP contribution in [-0.4, -0.2) is 30.5 Å². The van der Waals surface area contributed by atoms with Gasteiger partial charge >= 0.3 is 0 Å². The zero-order valence-electron chi connectivity index (χ0n) is 11.8. The van der Waals surface area contributed by atoms with Gasteiger partial charge in [-0.05, 0) is 37.4 Å². The van der Waals surface area contributed by atoms with Crippen molar-refractivity contribution < 1.29 is 4.79 Å². The summed E-state index contributed by atoms with van der Waals surface area (Å²) in [5.41, 5.74) is 1.05. The highest BCUT2D eigenvalue weighted by Gasteiger charge is 2.20. The van der Waals surface area contributed by atoms with E-state index in [-0.39, 0.29) is 18.3 Å². The van der Waals surface area contributed by atoms with E-state index in [2.05, 4.69) is 21.7 Å². The molecule has 1 aliphatic rings. The van der Waals surface area contributed by atoms with Gasteiger partial charge in [-0.15, -0.1) is 23.7 Å². The van der Waals surface area contributed by atoms with Crippen LogP contribution in [0.1, 0.15) is 17.8 Å². The number of nitrogens with one attached hydrogen (secondary N) is 2. The quantitative estimate of drug-likeness (QED) is 0.821. The van der Waals surface area contributed by atoms with Crippen LogP contribution >= 0.6 is 23.7 Å². The Morgan fingerprint density at radius 3 is 2.90 bits per heavy atom. The second-order valence-corrected chi connectivity index (χ2v) is 6.36. The van der Waals surface area contributed by atoms with E-state index in [1.165, 1.54) is 17.5 Å². The van der Waals surface area contributed by atoms with Gasteiger partial charge in [0.25, 0.3) is 0 Å². The maximum absolute atomic E-state index is 11.6. The molecule has 6 heteroatoms. The molecule has 1 aromatic heterocycles. The molecule has 1 heterocycles. The van der Waals surface area contributed by atoms with Gasteiger partial charge < -0.3 is 10.6 Å². The fourth-order valence-corrected chi connectivity index (χ4v) is 3.08. The fourth-order valence-electron chi connectivity index (χ4n) is 2.11. The van der Waals surface area contributed by atoms with Crippen LogP contribution in [0.2, 0.25) is 0 Å². The first-order valence-corrected chi connectivity index (χ1v) is 7.95. The molecule has 1 saturated carbocycles. The molecule has 2 aromatic rings. The van der Waals surface area contributed by atoms with E-state index in [0.717, 1.165) is 29.4 Å².